The number of amides is 3. The lowest BCUT2D eigenvalue weighted by Gasteiger charge is -2.21. The van der Waals surface area contributed by atoms with Crippen LogP contribution in [0.3, 0.4) is 0 Å². The van der Waals surface area contributed by atoms with Crippen LogP contribution in [0.2, 0.25) is 0 Å². The predicted octanol–water partition coefficient (Wildman–Crippen LogP) is -0.110. The summed E-state index contributed by atoms with van der Waals surface area (Å²) in [5, 5.41) is 5.07. The van der Waals surface area contributed by atoms with Crippen molar-refractivity contribution in [3.05, 3.63) is 0 Å². The van der Waals surface area contributed by atoms with Crippen molar-refractivity contribution in [3.63, 3.8) is 0 Å². The van der Waals surface area contributed by atoms with Gasteiger partial charge in [-0.15, -0.1) is 0 Å². The van der Waals surface area contributed by atoms with Crippen LogP contribution in [0.25, 0.3) is 0 Å². The highest BCUT2D eigenvalue weighted by molar-refractivity contribution is 5.96. The number of hydrogen-bond acceptors (Lipinski definition) is 4. The van der Waals surface area contributed by atoms with Gasteiger partial charge in [-0.2, -0.15) is 0 Å². The molecular weight excluding hydrogens is 220 g/mol. The summed E-state index contributed by atoms with van der Waals surface area (Å²) in [6.07, 6.45) is 0.947. The molecule has 0 rings (SSSR count). The summed E-state index contributed by atoms with van der Waals surface area (Å²) in [6.45, 7) is 7.66. The van der Waals surface area contributed by atoms with E-state index in [1.165, 1.54) is 0 Å². The van der Waals surface area contributed by atoms with Gasteiger partial charge in [0.15, 0.2) is 0 Å². The van der Waals surface area contributed by atoms with Crippen molar-refractivity contribution in [2.24, 2.45) is 5.73 Å². The summed E-state index contributed by atoms with van der Waals surface area (Å²) in [7, 11) is 2.06. The third-order valence-electron chi connectivity index (χ3n) is 2.66. The van der Waals surface area contributed by atoms with E-state index < -0.39 is 18.0 Å². The Morgan fingerprint density at radius 2 is 1.88 bits per heavy atom. The van der Waals surface area contributed by atoms with E-state index in [9.17, 15) is 9.59 Å². The molecule has 6 nitrogen and oxygen atoms in total. The minimum Gasteiger partial charge on any atom is -0.351 e. The average Bonchev–Trinajstić information content (AvgIpc) is 2.22. The highest BCUT2D eigenvalue weighted by atomic mass is 16.2. The van der Waals surface area contributed by atoms with E-state index >= 15 is 0 Å². The highest BCUT2D eigenvalue weighted by Gasteiger charge is 2.13. The average molecular weight is 244 g/mol. The molecule has 0 fully saturated rings. The summed E-state index contributed by atoms with van der Waals surface area (Å²) in [5.41, 5.74) is 4.85. The van der Waals surface area contributed by atoms with E-state index in [-0.39, 0.29) is 0 Å². The van der Waals surface area contributed by atoms with Crippen molar-refractivity contribution in [2.45, 2.75) is 39.3 Å². The quantitative estimate of drug-likeness (QED) is 0.545. The molecule has 17 heavy (non-hydrogen) atoms. The van der Waals surface area contributed by atoms with Crippen LogP contribution in [0.15, 0.2) is 0 Å². The number of nitrogens with zero attached hydrogens (tertiary/aromatic N) is 1. The Hall–Kier alpha value is -1.14. The van der Waals surface area contributed by atoms with E-state index in [4.69, 9.17) is 5.73 Å². The fraction of sp³-hybridized carbons (Fsp3) is 0.818. The van der Waals surface area contributed by atoms with Crippen LogP contribution in [0.4, 0.5) is 4.79 Å². The second-order valence-electron chi connectivity index (χ2n) is 4.46. The molecule has 0 saturated carbocycles. The lowest BCUT2D eigenvalue weighted by Crippen LogP contribution is -2.46. The standard InChI is InChI=1S/C11H24N4O2/c1-8(2)15(4)7-5-6-13-9(3)10(16)14-11(12)17/h8-9,13H,5-7H2,1-4H3,(H3,12,14,16,17). The van der Waals surface area contributed by atoms with Crippen molar-refractivity contribution >= 4 is 11.9 Å². The summed E-state index contributed by atoms with van der Waals surface area (Å²) in [6, 6.07) is -0.708. The molecular formula is C11H24N4O2. The van der Waals surface area contributed by atoms with Gasteiger partial charge in [0.2, 0.25) is 5.91 Å². The first-order valence-corrected chi connectivity index (χ1v) is 5.88. The van der Waals surface area contributed by atoms with Crippen molar-refractivity contribution < 1.29 is 9.59 Å². The second-order valence-corrected chi connectivity index (χ2v) is 4.46. The summed E-state index contributed by atoms with van der Waals surface area (Å²) >= 11 is 0. The Kier molecular flexibility index (Phi) is 7.49. The van der Waals surface area contributed by atoms with Gasteiger partial charge in [0.25, 0.3) is 0 Å². The molecule has 1 atom stereocenters. The van der Waals surface area contributed by atoms with Gasteiger partial charge in [0, 0.05) is 6.04 Å². The molecule has 0 aromatic carbocycles. The van der Waals surface area contributed by atoms with Gasteiger partial charge in [-0.3, -0.25) is 10.1 Å². The van der Waals surface area contributed by atoms with E-state index in [1.54, 1.807) is 6.92 Å². The molecule has 0 aromatic rings. The molecule has 3 amide bonds. The van der Waals surface area contributed by atoms with Crippen LogP contribution in [-0.2, 0) is 4.79 Å². The highest BCUT2D eigenvalue weighted by Crippen LogP contribution is 1.94. The van der Waals surface area contributed by atoms with Crippen molar-refractivity contribution in [3.8, 4) is 0 Å². The number of nitrogens with one attached hydrogen (secondary N) is 2. The third kappa shape index (κ3) is 7.70. The predicted molar refractivity (Wildman–Crippen MR) is 67.6 cm³/mol. The Morgan fingerprint density at radius 1 is 1.29 bits per heavy atom. The first-order chi connectivity index (χ1) is 7.84. The molecule has 0 aromatic heterocycles. The van der Waals surface area contributed by atoms with Crippen LogP contribution in [0.1, 0.15) is 27.2 Å². The Balaban J connectivity index is 3.67. The van der Waals surface area contributed by atoms with Gasteiger partial charge < -0.3 is 16.0 Å². The number of nitrogens with two attached hydrogens (primary N) is 1. The number of carbonyl (C=O) groups excluding carboxylic acids is 2. The van der Waals surface area contributed by atoms with Gasteiger partial charge in [-0.1, -0.05) is 0 Å². The maximum Gasteiger partial charge on any atom is 0.318 e. The first-order valence-electron chi connectivity index (χ1n) is 5.88. The monoisotopic (exact) mass is 244 g/mol. The fourth-order valence-electron chi connectivity index (χ4n) is 1.23. The molecule has 0 aliphatic carbocycles. The topological polar surface area (TPSA) is 87.5 Å². The molecule has 0 bridgehead atoms. The number of hydrogen-bond donors (Lipinski definition) is 3. The lowest BCUT2D eigenvalue weighted by atomic mass is 10.2. The molecule has 0 saturated heterocycles. The molecule has 6 heteroatoms. The summed E-state index contributed by atoms with van der Waals surface area (Å²) < 4.78 is 0. The smallest absolute Gasteiger partial charge is 0.318 e. The van der Waals surface area contributed by atoms with Crippen LogP contribution < -0.4 is 16.4 Å². The minimum atomic E-state index is -0.816. The first kappa shape index (κ1) is 15.9. The zero-order valence-corrected chi connectivity index (χ0v) is 11.1. The molecule has 100 valence electrons. The molecule has 0 heterocycles. The Labute approximate surface area is 103 Å². The number of imide groups is 1. The molecule has 4 N–H and O–H groups in total. The normalized spacial score (nSPS) is 12.8. The van der Waals surface area contributed by atoms with Crippen molar-refractivity contribution in [1.29, 1.82) is 0 Å². The van der Waals surface area contributed by atoms with E-state index in [2.05, 4.69) is 31.1 Å². The fourth-order valence-corrected chi connectivity index (χ4v) is 1.23. The van der Waals surface area contributed by atoms with E-state index in [1.807, 2.05) is 5.32 Å². The van der Waals surface area contributed by atoms with E-state index in [0.717, 1.165) is 19.5 Å². The molecule has 0 aliphatic rings. The van der Waals surface area contributed by atoms with Gasteiger partial charge in [0.1, 0.15) is 0 Å². The largest absolute Gasteiger partial charge is 0.351 e. The number of carbonyl (C=O) groups is 2. The number of rotatable bonds is 7. The Bertz CT molecular complexity index is 256. The van der Waals surface area contributed by atoms with Crippen LogP contribution in [-0.4, -0.2) is 49.1 Å². The van der Waals surface area contributed by atoms with Crippen LogP contribution in [0.5, 0.6) is 0 Å². The van der Waals surface area contributed by atoms with Crippen molar-refractivity contribution in [2.75, 3.05) is 20.1 Å². The van der Waals surface area contributed by atoms with Gasteiger partial charge >= 0.3 is 6.03 Å². The van der Waals surface area contributed by atoms with Crippen molar-refractivity contribution in [1.82, 2.24) is 15.5 Å². The lowest BCUT2D eigenvalue weighted by molar-refractivity contribution is -0.121. The summed E-state index contributed by atoms with van der Waals surface area (Å²) in [4.78, 5) is 24.0. The zero-order chi connectivity index (χ0) is 13.4. The second kappa shape index (κ2) is 8.03. The molecule has 0 aliphatic heterocycles. The number of primary amides is 1. The van der Waals surface area contributed by atoms with Gasteiger partial charge in [-0.25, -0.2) is 4.79 Å². The third-order valence-corrected chi connectivity index (χ3v) is 2.66. The zero-order valence-electron chi connectivity index (χ0n) is 11.1. The van der Waals surface area contributed by atoms with Gasteiger partial charge in [0.05, 0.1) is 6.04 Å². The molecule has 0 radical (unpaired) electrons. The SMILES string of the molecule is CC(NCCCN(C)C(C)C)C(=O)NC(N)=O. The van der Waals surface area contributed by atoms with Crippen LogP contribution >= 0.6 is 0 Å². The van der Waals surface area contributed by atoms with Gasteiger partial charge in [-0.05, 0) is 47.3 Å². The molecule has 1 unspecified atom stereocenters. The van der Waals surface area contributed by atoms with E-state index in [0.29, 0.717) is 6.04 Å². The Morgan fingerprint density at radius 3 is 2.35 bits per heavy atom. The molecule has 0 spiro atoms. The summed E-state index contributed by atoms with van der Waals surface area (Å²) in [5.74, 6) is -0.394. The minimum absolute atomic E-state index is 0.394. The maximum absolute atomic E-state index is 11.3. The van der Waals surface area contributed by atoms with Crippen LogP contribution in [0, 0.1) is 0 Å². The number of urea groups is 1. The maximum atomic E-state index is 11.3.